The molecule has 0 spiro atoms. The Morgan fingerprint density at radius 2 is 1.84 bits per heavy atom. The van der Waals surface area contributed by atoms with E-state index < -0.39 is 0 Å². The second-order valence-electron chi connectivity index (χ2n) is 4.46. The van der Waals surface area contributed by atoms with Crippen molar-refractivity contribution in [1.82, 2.24) is 0 Å². The number of aliphatic hydroxyl groups excluding tert-OH is 1. The van der Waals surface area contributed by atoms with Gasteiger partial charge in [0.15, 0.2) is 0 Å². The highest BCUT2D eigenvalue weighted by Crippen LogP contribution is 2.32. The van der Waals surface area contributed by atoms with E-state index in [-0.39, 0.29) is 6.61 Å². The Bertz CT molecular complexity index is 568. The van der Waals surface area contributed by atoms with Gasteiger partial charge in [0, 0.05) is 28.5 Å². The Morgan fingerprint density at radius 3 is 2.47 bits per heavy atom. The van der Waals surface area contributed by atoms with Crippen LogP contribution < -0.4 is 4.90 Å². The topological polar surface area (TPSA) is 23.5 Å². The highest BCUT2D eigenvalue weighted by Gasteiger charge is 2.13. The molecule has 0 atom stereocenters. The number of anilines is 2. The molecule has 19 heavy (non-hydrogen) atoms. The third-order valence-corrected chi connectivity index (χ3v) is 3.46. The molecule has 2 aromatic rings. The molecule has 0 saturated carbocycles. The molecule has 2 rings (SSSR count). The van der Waals surface area contributed by atoms with Crippen LogP contribution >= 0.6 is 11.6 Å². The van der Waals surface area contributed by atoms with Gasteiger partial charge in [-0.15, -0.1) is 0 Å². The molecular weight excluding hydrogens is 258 g/mol. The van der Waals surface area contributed by atoms with Gasteiger partial charge in [0.1, 0.15) is 0 Å². The molecule has 0 aliphatic rings. The summed E-state index contributed by atoms with van der Waals surface area (Å²) in [4.78, 5) is 2.19. The molecule has 0 heterocycles. The summed E-state index contributed by atoms with van der Waals surface area (Å²) in [5.74, 6) is 0. The van der Waals surface area contributed by atoms with Crippen LogP contribution in [0.25, 0.3) is 0 Å². The lowest BCUT2D eigenvalue weighted by Gasteiger charge is -2.27. The summed E-state index contributed by atoms with van der Waals surface area (Å²) in [7, 11) is 0. The van der Waals surface area contributed by atoms with Gasteiger partial charge >= 0.3 is 0 Å². The minimum atomic E-state index is -0.0156. The number of hydrogen-bond donors (Lipinski definition) is 1. The molecule has 0 aliphatic carbocycles. The second kappa shape index (κ2) is 6.09. The minimum Gasteiger partial charge on any atom is -0.392 e. The van der Waals surface area contributed by atoms with Gasteiger partial charge in [-0.25, -0.2) is 0 Å². The summed E-state index contributed by atoms with van der Waals surface area (Å²) in [6.07, 6.45) is 0. The number of nitrogens with zero attached hydrogens (tertiary/aromatic N) is 1. The van der Waals surface area contributed by atoms with Gasteiger partial charge in [0.2, 0.25) is 0 Å². The highest BCUT2D eigenvalue weighted by molar-refractivity contribution is 6.30. The summed E-state index contributed by atoms with van der Waals surface area (Å²) in [6.45, 7) is 5.01. The average Bonchev–Trinajstić information content (AvgIpc) is 2.43. The number of hydrogen-bond acceptors (Lipinski definition) is 2. The molecule has 0 unspecified atom stereocenters. The molecule has 0 amide bonds. The van der Waals surface area contributed by atoms with E-state index in [2.05, 4.69) is 30.9 Å². The predicted molar refractivity (Wildman–Crippen MR) is 81.2 cm³/mol. The largest absolute Gasteiger partial charge is 0.392 e. The first-order chi connectivity index (χ1) is 9.17. The molecule has 0 fully saturated rings. The number of aryl methyl sites for hydroxylation is 1. The van der Waals surface area contributed by atoms with Crippen molar-refractivity contribution in [2.24, 2.45) is 0 Å². The van der Waals surface area contributed by atoms with E-state index in [0.29, 0.717) is 5.02 Å². The number of benzene rings is 2. The van der Waals surface area contributed by atoms with Crippen LogP contribution in [0.4, 0.5) is 11.4 Å². The zero-order valence-electron chi connectivity index (χ0n) is 11.2. The lowest BCUT2D eigenvalue weighted by atomic mass is 10.1. The summed E-state index contributed by atoms with van der Waals surface area (Å²) >= 11 is 5.99. The lowest BCUT2D eigenvalue weighted by Crippen LogP contribution is -2.18. The van der Waals surface area contributed by atoms with Gasteiger partial charge in [-0.05, 0) is 43.7 Å². The quantitative estimate of drug-likeness (QED) is 0.899. The predicted octanol–water partition coefficient (Wildman–Crippen LogP) is 4.30. The van der Waals surface area contributed by atoms with E-state index in [9.17, 15) is 5.11 Å². The first-order valence-corrected chi connectivity index (χ1v) is 6.77. The summed E-state index contributed by atoms with van der Waals surface area (Å²) in [5, 5.41) is 10.2. The molecule has 2 aromatic carbocycles. The van der Waals surface area contributed by atoms with Crippen LogP contribution in [0, 0.1) is 6.92 Å². The maximum Gasteiger partial charge on any atom is 0.0702 e. The lowest BCUT2D eigenvalue weighted by molar-refractivity contribution is 0.282. The monoisotopic (exact) mass is 275 g/mol. The smallest absolute Gasteiger partial charge is 0.0702 e. The van der Waals surface area contributed by atoms with E-state index in [1.807, 2.05) is 30.3 Å². The van der Waals surface area contributed by atoms with E-state index in [4.69, 9.17) is 11.6 Å². The van der Waals surface area contributed by atoms with Gasteiger partial charge in [-0.3, -0.25) is 0 Å². The van der Waals surface area contributed by atoms with Crippen LogP contribution in [0.5, 0.6) is 0 Å². The molecule has 100 valence electrons. The average molecular weight is 276 g/mol. The van der Waals surface area contributed by atoms with Gasteiger partial charge in [-0.2, -0.15) is 0 Å². The van der Waals surface area contributed by atoms with E-state index in [1.54, 1.807) is 0 Å². The number of halogens is 1. The summed E-state index contributed by atoms with van der Waals surface area (Å²) in [6, 6.07) is 13.9. The van der Waals surface area contributed by atoms with Crippen molar-refractivity contribution < 1.29 is 5.11 Å². The summed E-state index contributed by atoms with van der Waals surface area (Å²) in [5.41, 5.74) is 4.21. The van der Waals surface area contributed by atoms with Crippen molar-refractivity contribution in [3.8, 4) is 0 Å². The van der Waals surface area contributed by atoms with Crippen molar-refractivity contribution >= 4 is 23.0 Å². The maximum atomic E-state index is 9.52. The Labute approximate surface area is 119 Å². The number of para-hydroxylation sites is 1. The van der Waals surface area contributed by atoms with Crippen LogP contribution in [0.1, 0.15) is 18.1 Å². The third kappa shape index (κ3) is 2.91. The molecule has 0 radical (unpaired) electrons. The second-order valence-corrected chi connectivity index (χ2v) is 4.90. The van der Waals surface area contributed by atoms with Crippen LogP contribution in [-0.2, 0) is 6.61 Å². The molecule has 2 nitrogen and oxygen atoms in total. The van der Waals surface area contributed by atoms with Crippen molar-refractivity contribution in [2.75, 3.05) is 11.4 Å². The Balaban J connectivity index is 2.51. The molecule has 0 aromatic heterocycles. The maximum absolute atomic E-state index is 9.52. The SMILES string of the molecule is CCN(c1ccccc1C)c1ccc(Cl)cc1CO. The minimum absolute atomic E-state index is 0.0156. The van der Waals surface area contributed by atoms with Crippen LogP contribution in [-0.4, -0.2) is 11.7 Å². The number of aliphatic hydroxyl groups is 1. The van der Waals surface area contributed by atoms with Gasteiger partial charge < -0.3 is 10.0 Å². The first-order valence-electron chi connectivity index (χ1n) is 6.39. The molecule has 0 saturated heterocycles. The fraction of sp³-hybridized carbons (Fsp3) is 0.250. The van der Waals surface area contributed by atoms with Gasteiger partial charge in [0.25, 0.3) is 0 Å². The van der Waals surface area contributed by atoms with Crippen molar-refractivity contribution in [2.45, 2.75) is 20.5 Å². The first kappa shape index (κ1) is 13.9. The van der Waals surface area contributed by atoms with Crippen molar-refractivity contribution in [1.29, 1.82) is 0 Å². The molecule has 1 N–H and O–H groups in total. The Morgan fingerprint density at radius 1 is 1.11 bits per heavy atom. The standard InChI is InChI=1S/C16H18ClNO/c1-3-18(15-7-5-4-6-12(15)2)16-9-8-14(17)10-13(16)11-19/h4-10,19H,3,11H2,1-2H3. The summed E-state index contributed by atoms with van der Waals surface area (Å²) < 4.78 is 0. The van der Waals surface area contributed by atoms with Crippen molar-refractivity contribution in [3.63, 3.8) is 0 Å². The van der Waals surface area contributed by atoms with E-state index >= 15 is 0 Å². The normalized spacial score (nSPS) is 10.5. The van der Waals surface area contributed by atoms with Crippen LogP contribution in [0.3, 0.4) is 0 Å². The third-order valence-electron chi connectivity index (χ3n) is 3.23. The van der Waals surface area contributed by atoms with Crippen LogP contribution in [0.2, 0.25) is 5.02 Å². The Kier molecular flexibility index (Phi) is 4.46. The highest BCUT2D eigenvalue weighted by atomic mass is 35.5. The van der Waals surface area contributed by atoms with E-state index in [0.717, 1.165) is 23.5 Å². The van der Waals surface area contributed by atoms with Crippen molar-refractivity contribution in [3.05, 3.63) is 58.6 Å². The van der Waals surface area contributed by atoms with Gasteiger partial charge in [-0.1, -0.05) is 29.8 Å². The Hall–Kier alpha value is -1.51. The van der Waals surface area contributed by atoms with E-state index in [1.165, 1.54) is 5.56 Å². The fourth-order valence-electron chi connectivity index (χ4n) is 2.28. The zero-order valence-corrected chi connectivity index (χ0v) is 12.0. The van der Waals surface area contributed by atoms with Gasteiger partial charge in [0.05, 0.1) is 6.61 Å². The fourth-order valence-corrected chi connectivity index (χ4v) is 2.48. The molecule has 0 bridgehead atoms. The molecule has 0 aliphatic heterocycles. The molecular formula is C16H18ClNO. The van der Waals surface area contributed by atoms with Crippen LogP contribution in [0.15, 0.2) is 42.5 Å². The number of rotatable bonds is 4. The zero-order chi connectivity index (χ0) is 13.8. The molecule has 3 heteroatoms.